The minimum atomic E-state index is -1.19. The van der Waals surface area contributed by atoms with Gasteiger partial charge in [0.1, 0.15) is 17.0 Å². The largest absolute Gasteiger partial charge is 0.507 e. The number of rotatable bonds is 8. The summed E-state index contributed by atoms with van der Waals surface area (Å²) in [6, 6.07) is 10.3. The molecule has 0 spiro atoms. The molecule has 0 aliphatic rings. The van der Waals surface area contributed by atoms with Crippen molar-refractivity contribution in [1.29, 1.82) is 0 Å². The summed E-state index contributed by atoms with van der Waals surface area (Å²) in [5, 5.41) is 35.0. The first kappa shape index (κ1) is 23.1. The number of carbonyl (C=O) groups is 1. The summed E-state index contributed by atoms with van der Waals surface area (Å²) in [4.78, 5) is 13.3. The maximum absolute atomic E-state index is 11.0. The number of oxime groups is 1. The number of aromatic carboxylic acids is 1. The van der Waals surface area contributed by atoms with Crippen molar-refractivity contribution in [1.82, 2.24) is 0 Å². The summed E-state index contributed by atoms with van der Waals surface area (Å²) < 4.78 is 0. The maximum atomic E-state index is 11.0. The van der Waals surface area contributed by atoms with Gasteiger partial charge >= 0.3 is 5.97 Å². The summed E-state index contributed by atoms with van der Waals surface area (Å²) in [5.74, 6) is -1.52. The molecule has 2 aromatic carbocycles. The number of phenols is 1. The molecule has 4 N–H and O–H groups in total. The Morgan fingerprint density at radius 2 is 1.77 bits per heavy atom. The van der Waals surface area contributed by atoms with Crippen molar-refractivity contribution in [3.8, 4) is 5.75 Å². The topological polar surface area (TPSA) is 105 Å². The molecule has 0 amide bonds. The molecule has 2 rings (SSSR count). The van der Waals surface area contributed by atoms with Crippen LogP contribution in [-0.4, -0.2) is 46.7 Å². The van der Waals surface area contributed by atoms with Gasteiger partial charge in [0.2, 0.25) is 0 Å². The van der Waals surface area contributed by atoms with Crippen LogP contribution in [0.1, 0.15) is 56.1 Å². The lowest BCUT2D eigenvalue weighted by Gasteiger charge is -2.30. The van der Waals surface area contributed by atoms with Gasteiger partial charge in [0, 0.05) is 36.1 Å². The molecule has 30 heavy (non-hydrogen) atoms. The number of benzene rings is 2. The van der Waals surface area contributed by atoms with E-state index in [1.54, 1.807) is 6.07 Å². The highest BCUT2D eigenvalue weighted by molar-refractivity contribution is 6.03. The molecule has 0 saturated carbocycles. The Bertz CT molecular complexity index is 929. The van der Waals surface area contributed by atoms with E-state index in [-0.39, 0.29) is 23.3 Å². The molecule has 0 bridgehead atoms. The van der Waals surface area contributed by atoms with Crippen molar-refractivity contribution < 1.29 is 20.2 Å². The molecule has 0 saturated heterocycles. The normalized spacial score (nSPS) is 12.0. The lowest BCUT2D eigenvalue weighted by atomic mass is 9.84. The monoisotopic (exact) mass is 413 g/mol. The molecule has 7 nitrogen and oxygen atoms in total. The van der Waals surface area contributed by atoms with Gasteiger partial charge in [0.25, 0.3) is 0 Å². The molecule has 0 aromatic heterocycles. The van der Waals surface area contributed by atoms with Gasteiger partial charge in [-0.2, -0.15) is 0 Å². The van der Waals surface area contributed by atoms with Gasteiger partial charge in [-0.15, -0.1) is 0 Å². The number of hydrogen-bond acceptors (Lipinski definition) is 6. The van der Waals surface area contributed by atoms with Crippen LogP contribution in [-0.2, 0) is 5.41 Å². The van der Waals surface area contributed by atoms with E-state index in [2.05, 4.69) is 62.1 Å². The Labute approximate surface area is 177 Å². The van der Waals surface area contributed by atoms with Gasteiger partial charge in [-0.1, -0.05) is 32.0 Å². The molecular formula is C23H31N3O4. The van der Waals surface area contributed by atoms with E-state index >= 15 is 0 Å². The molecule has 0 aliphatic carbocycles. The lowest BCUT2D eigenvalue weighted by Crippen LogP contribution is -2.27. The third kappa shape index (κ3) is 5.23. The van der Waals surface area contributed by atoms with Crippen molar-refractivity contribution in [2.75, 3.05) is 29.9 Å². The van der Waals surface area contributed by atoms with Crippen LogP contribution >= 0.6 is 0 Å². The molecule has 0 heterocycles. The molecule has 0 unspecified atom stereocenters. The standard InChI is InChI=1S/C23H31N3O4/c1-6-26(7-2)20-11-8-15(12-18(20)23(3,4)5)19(25-30)14-24-16-9-10-17(22(28)29)21(27)13-16/h8-13,24,27,30H,6-7,14H2,1-5H3,(H,28,29). The fraction of sp³-hybridized carbons (Fsp3) is 0.391. The number of hydrogen-bond donors (Lipinski definition) is 4. The van der Waals surface area contributed by atoms with E-state index in [9.17, 15) is 15.1 Å². The van der Waals surface area contributed by atoms with Crippen molar-refractivity contribution in [3.05, 3.63) is 53.1 Å². The summed E-state index contributed by atoms with van der Waals surface area (Å²) in [6.07, 6.45) is 0. The first-order valence-electron chi connectivity index (χ1n) is 10.0. The van der Waals surface area contributed by atoms with Gasteiger partial charge in [0.05, 0.1) is 6.54 Å². The van der Waals surface area contributed by atoms with Gasteiger partial charge in [0.15, 0.2) is 0 Å². The zero-order valence-electron chi connectivity index (χ0n) is 18.2. The van der Waals surface area contributed by atoms with Crippen molar-refractivity contribution >= 4 is 23.1 Å². The second kappa shape index (κ2) is 9.52. The molecule has 162 valence electrons. The second-order valence-electron chi connectivity index (χ2n) is 8.09. The minimum absolute atomic E-state index is 0.0968. The van der Waals surface area contributed by atoms with E-state index in [0.717, 1.165) is 29.9 Å². The number of nitrogens with one attached hydrogen (secondary N) is 1. The number of nitrogens with zero attached hydrogens (tertiary/aromatic N) is 2. The van der Waals surface area contributed by atoms with Crippen LogP contribution in [0.4, 0.5) is 11.4 Å². The summed E-state index contributed by atoms with van der Waals surface area (Å²) in [6.45, 7) is 12.7. The smallest absolute Gasteiger partial charge is 0.339 e. The van der Waals surface area contributed by atoms with Crippen LogP contribution in [0.3, 0.4) is 0 Å². The van der Waals surface area contributed by atoms with Crippen molar-refractivity contribution in [2.24, 2.45) is 5.16 Å². The SMILES string of the molecule is CCN(CC)c1ccc(C(CNc2ccc(C(=O)O)c(O)c2)=NO)cc1C(C)(C)C. The predicted octanol–water partition coefficient (Wildman–Crippen LogP) is 4.52. The third-order valence-electron chi connectivity index (χ3n) is 5.05. The van der Waals surface area contributed by atoms with E-state index in [4.69, 9.17) is 5.11 Å². The Morgan fingerprint density at radius 3 is 2.27 bits per heavy atom. The summed E-state index contributed by atoms with van der Waals surface area (Å²) in [5.41, 5.74) is 3.81. The lowest BCUT2D eigenvalue weighted by molar-refractivity contribution is 0.0694. The minimum Gasteiger partial charge on any atom is -0.507 e. The summed E-state index contributed by atoms with van der Waals surface area (Å²) >= 11 is 0. The van der Waals surface area contributed by atoms with Crippen LogP contribution in [0, 0.1) is 0 Å². The quantitative estimate of drug-likeness (QED) is 0.288. The molecule has 0 fully saturated rings. The van der Waals surface area contributed by atoms with Crippen LogP contribution in [0.15, 0.2) is 41.6 Å². The molecule has 0 radical (unpaired) electrons. The molecule has 0 aliphatic heterocycles. The Balaban J connectivity index is 2.30. The van der Waals surface area contributed by atoms with E-state index < -0.39 is 5.97 Å². The Hall–Kier alpha value is -3.22. The van der Waals surface area contributed by atoms with Crippen molar-refractivity contribution in [3.63, 3.8) is 0 Å². The first-order valence-corrected chi connectivity index (χ1v) is 10.0. The maximum Gasteiger partial charge on any atom is 0.339 e. The molecule has 0 atom stereocenters. The van der Waals surface area contributed by atoms with Crippen LogP contribution in [0.25, 0.3) is 0 Å². The highest BCUT2D eigenvalue weighted by Gasteiger charge is 2.22. The van der Waals surface area contributed by atoms with E-state index in [0.29, 0.717) is 11.4 Å². The third-order valence-corrected chi connectivity index (χ3v) is 5.05. The van der Waals surface area contributed by atoms with Crippen LogP contribution < -0.4 is 10.2 Å². The Kier molecular flexibility index (Phi) is 7.32. The number of aromatic hydroxyl groups is 1. The van der Waals surface area contributed by atoms with Crippen LogP contribution in [0.5, 0.6) is 5.75 Å². The number of carboxylic acid groups (broad SMARTS) is 1. The zero-order chi connectivity index (χ0) is 22.5. The number of anilines is 2. The average Bonchev–Trinajstić information content (AvgIpc) is 2.69. The average molecular weight is 414 g/mol. The zero-order valence-corrected chi connectivity index (χ0v) is 18.2. The Morgan fingerprint density at radius 1 is 1.10 bits per heavy atom. The van der Waals surface area contributed by atoms with Gasteiger partial charge in [-0.3, -0.25) is 0 Å². The fourth-order valence-corrected chi connectivity index (χ4v) is 3.36. The highest BCUT2D eigenvalue weighted by atomic mass is 16.4. The molecular weight excluding hydrogens is 382 g/mol. The second-order valence-corrected chi connectivity index (χ2v) is 8.09. The van der Waals surface area contributed by atoms with Gasteiger partial charge in [-0.05, 0) is 49.1 Å². The van der Waals surface area contributed by atoms with Gasteiger partial charge < -0.3 is 25.6 Å². The first-order chi connectivity index (χ1) is 14.1. The summed E-state index contributed by atoms with van der Waals surface area (Å²) in [7, 11) is 0. The fourth-order valence-electron chi connectivity index (χ4n) is 3.36. The molecule has 2 aromatic rings. The van der Waals surface area contributed by atoms with E-state index in [1.165, 1.54) is 12.1 Å². The number of carboxylic acids is 1. The van der Waals surface area contributed by atoms with E-state index in [1.807, 2.05) is 6.07 Å². The van der Waals surface area contributed by atoms with Crippen LogP contribution in [0.2, 0.25) is 0 Å². The van der Waals surface area contributed by atoms with Gasteiger partial charge in [-0.25, -0.2) is 4.79 Å². The van der Waals surface area contributed by atoms with Crippen molar-refractivity contribution in [2.45, 2.75) is 40.0 Å². The predicted molar refractivity (Wildman–Crippen MR) is 121 cm³/mol. The molecule has 7 heteroatoms. The highest BCUT2D eigenvalue weighted by Crippen LogP contribution is 2.33.